The Morgan fingerprint density at radius 3 is 2.21 bits per heavy atom. The van der Waals surface area contributed by atoms with Crippen LogP contribution in [0.4, 0.5) is 11.4 Å². The minimum absolute atomic E-state index is 0.0733. The molecule has 2 aromatic carbocycles. The Kier molecular flexibility index (Phi) is 5.56. The van der Waals surface area contributed by atoms with Crippen LogP contribution in [0.5, 0.6) is 17.2 Å². The number of anilines is 1. The minimum atomic E-state index is -0.595. The number of hydrogen-bond acceptors (Lipinski definition) is 6. The van der Waals surface area contributed by atoms with Crippen LogP contribution >= 0.6 is 0 Å². The molecule has 0 heterocycles. The number of nitro groups is 1. The van der Waals surface area contributed by atoms with Crippen molar-refractivity contribution in [1.82, 2.24) is 0 Å². The van der Waals surface area contributed by atoms with Crippen molar-refractivity contribution in [3.8, 4) is 17.2 Å². The molecule has 0 fully saturated rings. The number of nitrogens with one attached hydrogen (secondary N) is 1. The molecule has 0 spiro atoms. The van der Waals surface area contributed by atoms with Crippen molar-refractivity contribution >= 4 is 17.3 Å². The number of benzene rings is 2. The Bertz CT molecular complexity index is 730. The highest BCUT2D eigenvalue weighted by atomic mass is 16.6. The fourth-order valence-corrected chi connectivity index (χ4v) is 1.90. The molecular weight excluding hydrogens is 316 g/mol. The first-order valence-corrected chi connectivity index (χ1v) is 6.92. The first-order chi connectivity index (χ1) is 11.5. The van der Waals surface area contributed by atoms with Crippen LogP contribution in [-0.2, 0) is 4.79 Å². The van der Waals surface area contributed by atoms with Crippen LogP contribution in [0.15, 0.2) is 42.5 Å². The van der Waals surface area contributed by atoms with E-state index in [9.17, 15) is 14.9 Å². The molecule has 0 aromatic heterocycles. The van der Waals surface area contributed by atoms with E-state index in [0.717, 1.165) is 0 Å². The Morgan fingerprint density at radius 2 is 1.62 bits per heavy atom. The molecule has 0 aliphatic rings. The number of ether oxygens (including phenoxy) is 3. The summed E-state index contributed by atoms with van der Waals surface area (Å²) in [6.07, 6.45) is 0. The van der Waals surface area contributed by atoms with Gasteiger partial charge in [-0.3, -0.25) is 14.9 Å². The maximum absolute atomic E-state index is 11.9. The molecule has 1 N–H and O–H groups in total. The highest BCUT2D eigenvalue weighted by Gasteiger charge is 2.17. The molecule has 126 valence electrons. The molecule has 0 unspecified atom stereocenters. The fourth-order valence-electron chi connectivity index (χ4n) is 1.90. The number of nitro benzene ring substituents is 1. The molecule has 2 rings (SSSR count). The van der Waals surface area contributed by atoms with Gasteiger partial charge < -0.3 is 19.5 Å². The third kappa shape index (κ3) is 4.35. The van der Waals surface area contributed by atoms with E-state index in [1.54, 1.807) is 31.4 Å². The van der Waals surface area contributed by atoms with E-state index in [-0.39, 0.29) is 18.0 Å². The average molecular weight is 332 g/mol. The molecule has 8 nitrogen and oxygen atoms in total. The van der Waals surface area contributed by atoms with Gasteiger partial charge in [-0.25, -0.2) is 0 Å². The maximum Gasteiger partial charge on any atom is 0.296 e. The summed E-state index contributed by atoms with van der Waals surface area (Å²) in [5.41, 5.74) is -0.184. The van der Waals surface area contributed by atoms with Gasteiger partial charge in [0.05, 0.1) is 25.2 Å². The van der Waals surface area contributed by atoms with Crippen LogP contribution in [0.25, 0.3) is 0 Å². The van der Waals surface area contributed by atoms with E-state index in [2.05, 4.69) is 5.32 Å². The topological polar surface area (TPSA) is 99.9 Å². The Morgan fingerprint density at radius 1 is 1.04 bits per heavy atom. The van der Waals surface area contributed by atoms with E-state index in [4.69, 9.17) is 14.2 Å². The summed E-state index contributed by atoms with van der Waals surface area (Å²) < 4.78 is 15.3. The van der Waals surface area contributed by atoms with Crippen molar-refractivity contribution in [2.75, 3.05) is 26.1 Å². The van der Waals surface area contributed by atoms with Gasteiger partial charge in [-0.1, -0.05) is 0 Å². The van der Waals surface area contributed by atoms with Crippen molar-refractivity contribution in [3.05, 3.63) is 52.6 Å². The predicted octanol–water partition coefficient (Wildman–Crippen LogP) is 2.63. The third-order valence-corrected chi connectivity index (χ3v) is 3.11. The summed E-state index contributed by atoms with van der Waals surface area (Å²) in [4.78, 5) is 22.4. The zero-order chi connectivity index (χ0) is 17.5. The fraction of sp³-hybridized carbons (Fsp3) is 0.188. The van der Waals surface area contributed by atoms with Crippen LogP contribution in [0.1, 0.15) is 0 Å². The van der Waals surface area contributed by atoms with Crippen LogP contribution < -0.4 is 19.5 Å². The van der Waals surface area contributed by atoms with E-state index in [0.29, 0.717) is 17.2 Å². The molecule has 0 radical (unpaired) electrons. The Labute approximate surface area is 138 Å². The number of carbonyl (C=O) groups excluding carboxylic acids is 1. The standard InChI is InChI=1S/C16H16N2O6/c1-22-11-3-5-12(6-4-11)24-10-16(19)17-14-8-7-13(23-2)9-15(14)18(20)21/h3-9H,10H2,1-2H3,(H,17,19). The molecule has 1 amide bonds. The van der Waals surface area contributed by atoms with Crippen molar-refractivity contribution in [2.45, 2.75) is 0 Å². The average Bonchev–Trinajstić information content (AvgIpc) is 2.60. The number of methoxy groups -OCH3 is 2. The van der Waals surface area contributed by atoms with Crippen molar-refractivity contribution in [2.24, 2.45) is 0 Å². The van der Waals surface area contributed by atoms with Gasteiger partial charge >= 0.3 is 0 Å². The highest BCUT2D eigenvalue weighted by molar-refractivity contribution is 5.94. The van der Waals surface area contributed by atoms with Gasteiger partial charge in [0.2, 0.25) is 0 Å². The number of nitrogens with zero attached hydrogens (tertiary/aromatic N) is 1. The quantitative estimate of drug-likeness (QED) is 0.618. The monoisotopic (exact) mass is 332 g/mol. The Balaban J connectivity index is 2.00. The van der Waals surface area contributed by atoms with E-state index >= 15 is 0 Å². The van der Waals surface area contributed by atoms with Gasteiger partial charge in [-0.05, 0) is 36.4 Å². The summed E-state index contributed by atoms with van der Waals surface area (Å²) in [6.45, 7) is -0.282. The van der Waals surface area contributed by atoms with Gasteiger partial charge in [0.25, 0.3) is 11.6 Å². The lowest BCUT2D eigenvalue weighted by Crippen LogP contribution is -2.20. The molecule has 0 bridgehead atoms. The van der Waals surface area contributed by atoms with Gasteiger partial charge in [-0.15, -0.1) is 0 Å². The molecule has 0 aliphatic heterocycles. The lowest BCUT2D eigenvalue weighted by molar-refractivity contribution is -0.384. The second-order valence-corrected chi connectivity index (χ2v) is 4.65. The normalized spacial score (nSPS) is 9.92. The molecule has 8 heteroatoms. The summed E-state index contributed by atoms with van der Waals surface area (Å²) >= 11 is 0. The highest BCUT2D eigenvalue weighted by Crippen LogP contribution is 2.28. The zero-order valence-electron chi connectivity index (χ0n) is 13.1. The zero-order valence-corrected chi connectivity index (χ0v) is 13.1. The maximum atomic E-state index is 11.9. The van der Waals surface area contributed by atoms with Gasteiger partial charge in [0.1, 0.15) is 22.9 Å². The summed E-state index contributed by atoms with van der Waals surface area (Å²) in [6, 6.07) is 10.9. The number of carbonyl (C=O) groups is 1. The van der Waals surface area contributed by atoms with E-state index in [1.807, 2.05) is 0 Å². The summed E-state index contributed by atoms with van der Waals surface area (Å²) in [7, 11) is 2.95. The van der Waals surface area contributed by atoms with E-state index < -0.39 is 10.8 Å². The number of rotatable bonds is 7. The molecule has 0 aliphatic carbocycles. The lowest BCUT2D eigenvalue weighted by Gasteiger charge is -2.09. The third-order valence-electron chi connectivity index (χ3n) is 3.11. The van der Waals surface area contributed by atoms with Crippen LogP contribution in [0.3, 0.4) is 0 Å². The predicted molar refractivity (Wildman–Crippen MR) is 86.8 cm³/mol. The molecular formula is C16H16N2O6. The van der Waals surface area contributed by atoms with Crippen molar-refractivity contribution < 1.29 is 23.9 Å². The first-order valence-electron chi connectivity index (χ1n) is 6.92. The van der Waals surface area contributed by atoms with Crippen molar-refractivity contribution in [1.29, 1.82) is 0 Å². The van der Waals surface area contributed by atoms with Crippen LogP contribution in [-0.4, -0.2) is 31.7 Å². The van der Waals surface area contributed by atoms with Gasteiger partial charge in [0.15, 0.2) is 6.61 Å². The molecule has 24 heavy (non-hydrogen) atoms. The second-order valence-electron chi connectivity index (χ2n) is 4.65. The van der Waals surface area contributed by atoms with Crippen molar-refractivity contribution in [3.63, 3.8) is 0 Å². The van der Waals surface area contributed by atoms with Crippen LogP contribution in [0, 0.1) is 10.1 Å². The van der Waals surface area contributed by atoms with E-state index in [1.165, 1.54) is 25.3 Å². The molecule has 0 atom stereocenters. The molecule has 2 aromatic rings. The van der Waals surface area contributed by atoms with Gasteiger partial charge in [0, 0.05) is 0 Å². The SMILES string of the molecule is COc1ccc(OCC(=O)Nc2ccc(OC)cc2[N+](=O)[O-])cc1. The van der Waals surface area contributed by atoms with Gasteiger partial charge in [-0.2, -0.15) is 0 Å². The summed E-state index contributed by atoms with van der Waals surface area (Å²) in [5, 5.41) is 13.5. The molecule has 0 saturated carbocycles. The first kappa shape index (κ1) is 17.1. The Hall–Kier alpha value is -3.29. The lowest BCUT2D eigenvalue weighted by atomic mass is 10.2. The largest absolute Gasteiger partial charge is 0.497 e. The number of hydrogen-bond donors (Lipinski definition) is 1. The second kappa shape index (κ2) is 7.82. The van der Waals surface area contributed by atoms with Crippen LogP contribution in [0.2, 0.25) is 0 Å². The summed E-state index contributed by atoms with van der Waals surface area (Å²) in [5.74, 6) is 0.962. The number of amides is 1. The molecule has 0 saturated heterocycles. The smallest absolute Gasteiger partial charge is 0.296 e. The minimum Gasteiger partial charge on any atom is -0.497 e.